The van der Waals surface area contributed by atoms with Gasteiger partial charge in [0.1, 0.15) is 0 Å². The van der Waals surface area contributed by atoms with E-state index < -0.39 is 0 Å². The van der Waals surface area contributed by atoms with Gasteiger partial charge < -0.3 is 5.73 Å². The minimum Gasteiger partial charge on any atom is -0.372 e. The van der Waals surface area contributed by atoms with Crippen LogP contribution in [-0.4, -0.2) is 6.41 Å². The second-order valence-corrected chi connectivity index (χ2v) is 2.29. The number of aryl methyl sites for hydroxylation is 2. The number of carbonyl (C=O) groups is 1. The Bertz CT molecular complexity index is 182. The van der Waals surface area contributed by atoms with Crippen molar-refractivity contribution < 1.29 is 4.79 Å². The molecule has 0 bridgehead atoms. The molecule has 0 unspecified atom stereocenters. The summed E-state index contributed by atoms with van der Waals surface area (Å²) in [6, 6.07) is 8.48. The Balaban J connectivity index is 0.000000292. The Morgan fingerprint density at radius 1 is 1.09 bits per heavy atom. The number of carbonyl (C=O) groups excluding carboxylic acids is 1. The first kappa shape index (κ1) is 9.69. The summed E-state index contributed by atoms with van der Waals surface area (Å²) in [7, 11) is 0. The van der Waals surface area contributed by atoms with Crippen molar-refractivity contribution >= 4 is 6.41 Å². The SMILES string of the molecule is Cc1ccc(C)cc1.NC=O. The van der Waals surface area contributed by atoms with Crippen molar-refractivity contribution in [2.75, 3.05) is 0 Å². The number of rotatable bonds is 0. The van der Waals surface area contributed by atoms with Gasteiger partial charge in [0.05, 0.1) is 0 Å². The van der Waals surface area contributed by atoms with Gasteiger partial charge in [0.15, 0.2) is 0 Å². The molecule has 1 aromatic rings. The first-order chi connectivity index (χ1) is 5.20. The predicted molar refractivity (Wildman–Crippen MR) is 46.2 cm³/mol. The second-order valence-electron chi connectivity index (χ2n) is 2.29. The Morgan fingerprint density at radius 3 is 1.45 bits per heavy atom. The average molecular weight is 151 g/mol. The molecule has 0 spiro atoms. The van der Waals surface area contributed by atoms with E-state index in [9.17, 15) is 0 Å². The summed E-state index contributed by atoms with van der Waals surface area (Å²) in [6.07, 6.45) is 0.250. The van der Waals surface area contributed by atoms with Crippen LogP contribution in [0.15, 0.2) is 24.3 Å². The maximum atomic E-state index is 8.58. The van der Waals surface area contributed by atoms with Crippen molar-refractivity contribution in [3.63, 3.8) is 0 Å². The van der Waals surface area contributed by atoms with Crippen LogP contribution >= 0.6 is 0 Å². The van der Waals surface area contributed by atoms with E-state index in [1.807, 2.05) is 0 Å². The maximum absolute atomic E-state index is 8.58. The van der Waals surface area contributed by atoms with E-state index in [1.165, 1.54) is 11.1 Å². The number of nitrogens with two attached hydrogens (primary N) is 1. The topological polar surface area (TPSA) is 43.1 Å². The lowest BCUT2D eigenvalue weighted by Gasteiger charge is -1.90. The molecule has 0 heterocycles. The van der Waals surface area contributed by atoms with Gasteiger partial charge in [0.25, 0.3) is 0 Å². The largest absolute Gasteiger partial charge is 0.372 e. The molecular weight excluding hydrogens is 138 g/mol. The van der Waals surface area contributed by atoms with Crippen LogP contribution in [0.3, 0.4) is 0 Å². The Hall–Kier alpha value is -1.31. The maximum Gasteiger partial charge on any atom is 0.204 e. The normalized spacial score (nSPS) is 7.82. The Morgan fingerprint density at radius 2 is 1.27 bits per heavy atom. The minimum absolute atomic E-state index is 0.250. The highest BCUT2D eigenvalue weighted by atomic mass is 16.1. The molecule has 0 atom stereocenters. The highest BCUT2D eigenvalue weighted by molar-refractivity contribution is 5.42. The molecule has 0 saturated heterocycles. The third kappa shape index (κ3) is 5.15. The minimum atomic E-state index is 0.250. The summed E-state index contributed by atoms with van der Waals surface area (Å²) < 4.78 is 0. The first-order valence-electron chi connectivity index (χ1n) is 3.39. The molecule has 1 amide bonds. The highest BCUT2D eigenvalue weighted by Crippen LogP contribution is 1.99. The average Bonchev–Trinajstić information content (AvgIpc) is 1.97. The van der Waals surface area contributed by atoms with E-state index in [0.29, 0.717) is 0 Å². The van der Waals surface area contributed by atoms with E-state index in [0.717, 1.165) is 0 Å². The lowest BCUT2D eigenvalue weighted by molar-refractivity contribution is -0.106. The van der Waals surface area contributed by atoms with Crippen molar-refractivity contribution in [3.8, 4) is 0 Å². The van der Waals surface area contributed by atoms with Crippen LogP contribution in [0, 0.1) is 13.8 Å². The van der Waals surface area contributed by atoms with E-state index >= 15 is 0 Å². The van der Waals surface area contributed by atoms with Gasteiger partial charge in [0.2, 0.25) is 6.41 Å². The summed E-state index contributed by atoms with van der Waals surface area (Å²) >= 11 is 0. The number of primary amides is 1. The van der Waals surface area contributed by atoms with Crippen molar-refractivity contribution in [3.05, 3.63) is 35.4 Å². The molecule has 0 aromatic heterocycles. The van der Waals surface area contributed by atoms with Gasteiger partial charge in [-0.25, -0.2) is 0 Å². The van der Waals surface area contributed by atoms with Crippen molar-refractivity contribution in [2.45, 2.75) is 13.8 Å². The first-order valence-corrected chi connectivity index (χ1v) is 3.39. The van der Waals surface area contributed by atoms with Crippen molar-refractivity contribution in [2.24, 2.45) is 5.73 Å². The fourth-order valence-corrected chi connectivity index (χ4v) is 0.637. The molecule has 0 fully saturated rings. The van der Waals surface area contributed by atoms with Gasteiger partial charge in [-0.05, 0) is 13.8 Å². The molecule has 1 rings (SSSR count). The van der Waals surface area contributed by atoms with Gasteiger partial charge in [-0.15, -0.1) is 0 Å². The molecule has 0 aliphatic rings. The monoisotopic (exact) mass is 151 g/mol. The number of amides is 1. The smallest absolute Gasteiger partial charge is 0.204 e. The van der Waals surface area contributed by atoms with Crippen LogP contribution in [0.5, 0.6) is 0 Å². The zero-order valence-electron chi connectivity index (χ0n) is 6.87. The van der Waals surface area contributed by atoms with Gasteiger partial charge in [-0.2, -0.15) is 0 Å². The summed E-state index contributed by atoms with van der Waals surface area (Å²) in [6.45, 7) is 4.19. The lowest BCUT2D eigenvalue weighted by atomic mass is 10.2. The van der Waals surface area contributed by atoms with Crippen LogP contribution in [0.2, 0.25) is 0 Å². The molecule has 2 nitrogen and oxygen atoms in total. The second kappa shape index (κ2) is 5.47. The molecule has 0 radical (unpaired) electrons. The van der Waals surface area contributed by atoms with Crippen molar-refractivity contribution in [1.29, 1.82) is 0 Å². The molecule has 60 valence electrons. The Kier molecular flexibility index (Phi) is 4.82. The van der Waals surface area contributed by atoms with E-state index in [2.05, 4.69) is 43.8 Å². The summed E-state index contributed by atoms with van der Waals surface area (Å²) in [5, 5.41) is 0. The third-order valence-electron chi connectivity index (χ3n) is 1.22. The zero-order chi connectivity index (χ0) is 8.69. The number of hydrogen-bond acceptors (Lipinski definition) is 1. The fourth-order valence-electron chi connectivity index (χ4n) is 0.637. The lowest BCUT2D eigenvalue weighted by Crippen LogP contribution is -1.82. The van der Waals surface area contributed by atoms with Crippen LogP contribution in [0.25, 0.3) is 0 Å². The van der Waals surface area contributed by atoms with Crippen molar-refractivity contribution in [1.82, 2.24) is 0 Å². The molecule has 0 aliphatic carbocycles. The molecule has 2 heteroatoms. The summed E-state index contributed by atoms with van der Waals surface area (Å²) in [5.74, 6) is 0. The van der Waals surface area contributed by atoms with Gasteiger partial charge in [-0.3, -0.25) is 4.79 Å². The number of hydrogen-bond donors (Lipinski definition) is 1. The van der Waals surface area contributed by atoms with E-state index in [1.54, 1.807) is 0 Å². The molecule has 1 aromatic carbocycles. The third-order valence-corrected chi connectivity index (χ3v) is 1.22. The van der Waals surface area contributed by atoms with Crippen LogP contribution in [0.4, 0.5) is 0 Å². The van der Waals surface area contributed by atoms with Crippen LogP contribution < -0.4 is 5.73 Å². The zero-order valence-corrected chi connectivity index (χ0v) is 6.87. The summed E-state index contributed by atoms with van der Waals surface area (Å²) in [4.78, 5) is 8.58. The molecule has 11 heavy (non-hydrogen) atoms. The molecule has 0 saturated carbocycles. The van der Waals surface area contributed by atoms with E-state index in [4.69, 9.17) is 4.79 Å². The predicted octanol–water partition coefficient (Wildman–Crippen LogP) is 1.40. The fraction of sp³-hybridized carbons (Fsp3) is 0.222. The summed E-state index contributed by atoms with van der Waals surface area (Å²) in [5.41, 5.74) is 6.83. The highest BCUT2D eigenvalue weighted by Gasteiger charge is 1.79. The standard InChI is InChI=1S/C8H10.CH3NO/c1-7-3-5-8(2)6-4-7;2-1-3/h3-6H,1-2H3;1H,(H2,2,3). The van der Waals surface area contributed by atoms with Gasteiger partial charge >= 0.3 is 0 Å². The molecule has 2 N–H and O–H groups in total. The van der Waals surface area contributed by atoms with Crippen LogP contribution in [0.1, 0.15) is 11.1 Å². The van der Waals surface area contributed by atoms with Gasteiger partial charge in [-0.1, -0.05) is 35.4 Å². The van der Waals surface area contributed by atoms with E-state index in [-0.39, 0.29) is 6.41 Å². The quantitative estimate of drug-likeness (QED) is 0.560. The Labute approximate surface area is 67.0 Å². The van der Waals surface area contributed by atoms with Crippen LogP contribution in [-0.2, 0) is 4.79 Å². The van der Waals surface area contributed by atoms with Gasteiger partial charge in [0, 0.05) is 0 Å². The molecule has 0 aliphatic heterocycles. The number of benzene rings is 1. The molecular formula is C9H13NO.